The van der Waals surface area contributed by atoms with Gasteiger partial charge in [0.25, 0.3) is 0 Å². The minimum absolute atomic E-state index is 0.332. The molecule has 54 heavy (non-hydrogen) atoms. The van der Waals surface area contributed by atoms with Crippen LogP contribution < -0.4 is 0 Å². The van der Waals surface area contributed by atoms with Crippen LogP contribution in [0.4, 0.5) is 0 Å². The van der Waals surface area contributed by atoms with Gasteiger partial charge in [-0.3, -0.25) is 4.79 Å². The summed E-state index contributed by atoms with van der Waals surface area (Å²) >= 11 is 0. The molecule has 3 aliphatic rings. The van der Waals surface area contributed by atoms with Gasteiger partial charge in [-0.15, -0.1) is 0 Å². The molecule has 0 aliphatic carbocycles. The summed E-state index contributed by atoms with van der Waals surface area (Å²) in [5.41, 5.74) is 0. The van der Waals surface area contributed by atoms with Crippen LogP contribution >= 0.6 is 0 Å². The molecule has 14 atom stereocenters. The Morgan fingerprint density at radius 2 is 1.11 bits per heavy atom. The topological polar surface area (TPSA) is 306 Å². The van der Waals surface area contributed by atoms with Crippen molar-refractivity contribution in [3.05, 3.63) is 12.2 Å². The molecule has 3 heterocycles. The monoisotopic (exact) mass is 786 g/mol. The molecule has 3 fully saturated rings. The zero-order valence-electron chi connectivity index (χ0n) is 31.2. The highest BCUT2D eigenvalue weighted by atomic mass is 16.8. The molecular weight excluding hydrogens is 720 g/mol. The Labute approximate surface area is 316 Å². The zero-order valence-corrected chi connectivity index (χ0v) is 31.2. The van der Waals surface area contributed by atoms with E-state index in [1.54, 1.807) is 0 Å². The van der Waals surface area contributed by atoms with E-state index in [4.69, 9.17) is 28.8 Å². The lowest BCUT2D eigenvalue weighted by Gasteiger charge is -2.44. The van der Waals surface area contributed by atoms with Crippen LogP contribution in [0.1, 0.15) is 96.8 Å². The average Bonchev–Trinajstić information content (AvgIpc) is 3.40. The molecule has 12 N–H and O–H groups in total. The lowest BCUT2D eigenvalue weighted by molar-refractivity contribution is -0.388. The van der Waals surface area contributed by atoms with E-state index in [1.807, 2.05) is 0 Å². The van der Waals surface area contributed by atoms with E-state index in [2.05, 4.69) is 19.1 Å². The van der Waals surface area contributed by atoms with Crippen molar-refractivity contribution in [1.82, 2.24) is 0 Å². The van der Waals surface area contributed by atoms with E-state index in [9.17, 15) is 61.0 Å². The van der Waals surface area contributed by atoms with Crippen LogP contribution in [0, 0.1) is 0 Å². The molecule has 318 valence electrons. The number of carboxylic acid groups (broad SMARTS) is 1. The van der Waals surface area contributed by atoms with E-state index in [0.717, 1.165) is 12.8 Å². The lowest BCUT2D eigenvalue weighted by Crippen LogP contribution is -2.63. The summed E-state index contributed by atoms with van der Waals surface area (Å²) in [5, 5.41) is 117. The van der Waals surface area contributed by atoms with Gasteiger partial charge in [-0.05, 0) is 32.1 Å². The van der Waals surface area contributed by atoms with E-state index in [0.29, 0.717) is 6.42 Å². The van der Waals surface area contributed by atoms with E-state index < -0.39 is 118 Å². The fraction of sp³-hybridized carbons (Fsp3) is 0.917. The average molecular weight is 787 g/mol. The fourth-order valence-electron chi connectivity index (χ4n) is 6.36. The first-order valence-electron chi connectivity index (χ1n) is 19.2. The first-order chi connectivity index (χ1) is 25.8. The van der Waals surface area contributed by atoms with Gasteiger partial charge in [0, 0.05) is 6.42 Å². The SMILES string of the molecule is CCCCCCCC/C=C\CCCCCCCC(=O)O.OC[C@H]1O[C@H](OC[C@H]2O[C@H](O[C@]3(CO)O[C@H](CO)[C@@H](O)[C@@H]3O)[C@H](O)[C@@H](O)[C@@H]2O)[C@H](O)[C@@H](O)[C@H]1O. The highest BCUT2D eigenvalue weighted by Crippen LogP contribution is 2.36. The highest BCUT2D eigenvalue weighted by Gasteiger charge is 2.58. The number of ether oxygens (including phenoxy) is 5. The largest absolute Gasteiger partial charge is 0.481 e. The number of aliphatic carboxylic acids is 1. The number of aliphatic hydroxyl groups is 11. The Morgan fingerprint density at radius 1 is 0.611 bits per heavy atom. The van der Waals surface area contributed by atoms with Gasteiger partial charge < -0.3 is 85.0 Å². The molecule has 0 unspecified atom stereocenters. The van der Waals surface area contributed by atoms with Gasteiger partial charge in [0.05, 0.1) is 19.8 Å². The van der Waals surface area contributed by atoms with Crippen LogP contribution in [0.25, 0.3) is 0 Å². The predicted molar refractivity (Wildman–Crippen MR) is 188 cm³/mol. The Morgan fingerprint density at radius 3 is 1.63 bits per heavy atom. The Bertz CT molecular complexity index is 1040. The van der Waals surface area contributed by atoms with Gasteiger partial charge in [-0.25, -0.2) is 0 Å². The van der Waals surface area contributed by atoms with Crippen molar-refractivity contribution in [2.75, 3.05) is 26.4 Å². The number of unbranched alkanes of at least 4 members (excludes halogenated alkanes) is 11. The van der Waals surface area contributed by atoms with E-state index in [-0.39, 0.29) is 0 Å². The fourth-order valence-corrected chi connectivity index (χ4v) is 6.36. The molecule has 0 spiro atoms. The number of rotatable bonds is 23. The number of carboxylic acids is 1. The van der Waals surface area contributed by atoms with Gasteiger partial charge in [-0.1, -0.05) is 70.4 Å². The first kappa shape index (κ1) is 48.7. The van der Waals surface area contributed by atoms with Crippen molar-refractivity contribution >= 4 is 5.97 Å². The summed E-state index contributed by atoms with van der Waals surface area (Å²) < 4.78 is 26.4. The predicted octanol–water partition coefficient (Wildman–Crippen LogP) is -1.46. The lowest BCUT2D eigenvalue weighted by atomic mass is 9.98. The smallest absolute Gasteiger partial charge is 0.303 e. The van der Waals surface area contributed by atoms with Crippen molar-refractivity contribution in [3.8, 4) is 0 Å². The Balaban J connectivity index is 0.000000432. The normalized spacial score (nSPS) is 37.0. The van der Waals surface area contributed by atoms with Crippen molar-refractivity contribution in [2.45, 2.75) is 182 Å². The molecule has 3 rings (SSSR count). The Kier molecular flexibility index (Phi) is 23.2. The van der Waals surface area contributed by atoms with E-state index in [1.165, 1.54) is 70.6 Å². The number of allylic oxidation sites excluding steroid dienone is 2. The van der Waals surface area contributed by atoms with Crippen molar-refractivity contribution < 1.29 is 89.8 Å². The summed E-state index contributed by atoms with van der Waals surface area (Å²) in [5.74, 6) is -3.02. The maximum absolute atomic E-state index is 10.3. The molecular formula is C36H66O18. The highest BCUT2D eigenvalue weighted by molar-refractivity contribution is 5.66. The zero-order chi connectivity index (χ0) is 40.3. The van der Waals surface area contributed by atoms with Crippen LogP contribution in [0.3, 0.4) is 0 Å². The minimum atomic E-state index is -2.36. The number of hydrogen-bond acceptors (Lipinski definition) is 17. The summed E-state index contributed by atoms with van der Waals surface area (Å²) in [7, 11) is 0. The molecule has 0 saturated carbocycles. The second-order valence-electron chi connectivity index (χ2n) is 14.1. The van der Waals surface area contributed by atoms with E-state index >= 15 is 0 Å². The van der Waals surface area contributed by atoms with Crippen LogP contribution in [0.15, 0.2) is 12.2 Å². The molecule has 3 aliphatic heterocycles. The maximum atomic E-state index is 10.3. The molecule has 3 saturated heterocycles. The molecule has 0 radical (unpaired) electrons. The molecule has 0 aromatic heterocycles. The molecule has 18 heteroatoms. The van der Waals surface area contributed by atoms with Gasteiger partial charge in [-0.2, -0.15) is 0 Å². The summed E-state index contributed by atoms with van der Waals surface area (Å²) in [4.78, 5) is 10.3. The van der Waals surface area contributed by atoms with Crippen LogP contribution in [-0.2, 0) is 28.5 Å². The third-order valence-electron chi connectivity index (χ3n) is 9.82. The van der Waals surface area contributed by atoms with Crippen molar-refractivity contribution in [3.63, 3.8) is 0 Å². The summed E-state index contributed by atoms with van der Waals surface area (Å²) in [6.07, 6.45) is -0.531. The van der Waals surface area contributed by atoms with Crippen LogP contribution in [-0.4, -0.2) is 179 Å². The second-order valence-corrected chi connectivity index (χ2v) is 14.1. The maximum Gasteiger partial charge on any atom is 0.303 e. The number of hydrogen-bond donors (Lipinski definition) is 12. The minimum Gasteiger partial charge on any atom is -0.481 e. The third kappa shape index (κ3) is 14.8. The molecule has 18 nitrogen and oxygen atoms in total. The Hall–Kier alpha value is -1.43. The molecule has 0 amide bonds. The summed E-state index contributed by atoms with van der Waals surface area (Å²) in [6, 6.07) is 0. The standard InChI is InChI=1S/C18H32O16.C18H34O2/c19-1-5-8(22)11(25)13(27)16(31-5)30-3-7-9(23)12(26)14(28)17(32-7)34-18(4-21)15(29)10(24)6(2-20)33-18;1-2-3-4-5-6-7-8-9-10-11-12-13-14-15-16-17-18(19)20/h5-17,19-29H,1-4H2;9-10H,2-8,11-17H2,1H3,(H,19,20)/b;10-9-/t5-,6-,7-,8+,9-,10-,11+,12+,13-,14-,15+,16+,17-,18+;/m1./s1. The van der Waals surface area contributed by atoms with Gasteiger partial charge in [0.1, 0.15) is 73.8 Å². The molecule has 0 bridgehead atoms. The van der Waals surface area contributed by atoms with Crippen LogP contribution in [0.2, 0.25) is 0 Å². The molecule has 0 aromatic rings. The van der Waals surface area contributed by atoms with Crippen LogP contribution in [0.5, 0.6) is 0 Å². The summed E-state index contributed by atoms with van der Waals surface area (Å²) in [6.45, 7) is -0.881. The van der Waals surface area contributed by atoms with Gasteiger partial charge in [0.2, 0.25) is 5.79 Å². The van der Waals surface area contributed by atoms with Crippen molar-refractivity contribution in [2.24, 2.45) is 0 Å². The quantitative estimate of drug-likeness (QED) is 0.0416. The number of aliphatic hydroxyl groups excluding tert-OH is 11. The third-order valence-corrected chi connectivity index (χ3v) is 9.82. The molecule has 0 aromatic carbocycles. The number of carbonyl (C=O) groups is 1. The van der Waals surface area contributed by atoms with Gasteiger partial charge >= 0.3 is 5.97 Å². The first-order valence-corrected chi connectivity index (χ1v) is 19.2. The van der Waals surface area contributed by atoms with Gasteiger partial charge in [0.15, 0.2) is 12.6 Å². The van der Waals surface area contributed by atoms with Crippen molar-refractivity contribution in [1.29, 1.82) is 0 Å². The second kappa shape index (κ2) is 25.7.